The second-order valence-corrected chi connectivity index (χ2v) is 6.29. The summed E-state index contributed by atoms with van der Waals surface area (Å²) in [6.45, 7) is 5.94. The van der Waals surface area contributed by atoms with Crippen molar-refractivity contribution in [2.75, 3.05) is 19.6 Å². The Morgan fingerprint density at radius 1 is 1.18 bits per heavy atom. The molecule has 0 radical (unpaired) electrons. The van der Waals surface area contributed by atoms with E-state index in [1.54, 1.807) is 0 Å². The number of rotatable bonds is 5. The molecule has 0 aromatic carbocycles. The fourth-order valence-corrected chi connectivity index (χ4v) is 3.91. The van der Waals surface area contributed by atoms with E-state index in [0.717, 1.165) is 24.4 Å². The predicted octanol–water partition coefficient (Wildman–Crippen LogP) is 3.02. The molecule has 2 heteroatoms. The van der Waals surface area contributed by atoms with E-state index in [2.05, 4.69) is 11.8 Å². The van der Waals surface area contributed by atoms with Gasteiger partial charge in [-0.25, -0.2) is 0 Å². The van der Waals surface area contributed by atoms with Crippen molar-refractivity contribution in [3.05, 3.63) is 0 Å². The summed E-state index contributed by atoms with van der Waals surface area (Å²) in [4.78, 5) is 2.81. The quantitative estimate of drug-likeness (QED) is 0.798. The highest BCUT2D eigenvalue weighted by Crippen LogP contribution is 2.35. The molecule has 0 spiro atoms. The first-order valence-electron chi connectivity index (χ1n) is 7.75. The summed E-state index contributed by atoms with van der Waals surface area (Å²) in [5.74, 6) is 1.86. The van der Waals surface area contributed by atoms with Crippen LogP contribution < -0.4 is 5.73 Å². The molecule has 17 heavy (non-hydrogen) atoms. The lowest BCUT2D eigenvalue weighted by Gasteiger charge is -2.45. The Balaban J connectivity index is 1.81. The molecule has 1 aliphatic carbocycles. The standard InChI is InChI=1S/C15H30N2/c1-13(6-4-10-16)12-17-11-5-8-14-7-2-3-9-15(14)17/h13-15H,2-12,16H2,1H3. The van der Waals surface area contributed by atoms with Crippen LogP contribution in [-0.4, -0.2) is 30.6 Å². The highest BCUT2D eigenvalue weighted by Gasteiger charge is 2.33. The highest BCUT2D eigenvalue weighted by molar-refractivity contribution is 4.87. The lowest BCUT2D eigenvalue weighted by molar-refractivity contribution is 0.0489. The summed E-state index contributed by atoms with van der Waals surface area (Å²) in [7, 11) is 0. The molecule has 2 rings (SSSR count). The van der Waals surface area contributed by atoms with Gasteiger partial charge >= 0.3 is 0 Å². The normalized spacial score (nSPS) is 32.1. The maximum Gasteiger partial charge on any atom is 0.0124 e. The van der Waals surface area contributed by atoms with Crippen LogP contribution >= 0.6 is 0 Å². The zero-order valence-electron chi connectivity index (χ0n) is 11.5. The van der Waals surface area contributed by atoms with Gasteiger partial charge in [-0.15, -0.1) is 0 Å². The Labute approximate surface area is 107 Å². The van der Waals surface area contributed by atoms with Crippen molar-refractivity contribution in [3.8, 4) is 0 Å². The number of hydrogen-bond donors (Lipinski definition) is 1. The molecule has 3 atom stereocenters. The molecule has 2 nitrogen and oxygen atoms in total. The molecule has 1 heterocycles. The van der Waals surface area contributed by atoms with Gasteiger partial charge in [-0.1, -0.05) is 19.8 Å². The van der Waals surface area contributed by atoms with Gasteiger partial charge in [-0.05, 0) is 63.5 Å². The fraction of sp³-hybridized carbons (Fsp3) is 1.00. The number of nitrogens with zero attached hydrogens (tertiary/aromatic N) is 1. The third-order valence-corrected chi connectivity index (χ3v) is 4.81. The van der Waals surface area contributed by atoms with E-state index in [0.29, 0.717) is 0 Å². The van der Waals surface area contributed by atoms with Crippen molar-refractivity contribution in [2.45, 2.75) is 64.3 Å². The van der Waals surface area contributed by atoms with E-state index in [1.165, 1.54) is 64.5 Å². The van der Waals surface area contributed by atoms with Crippen LogP contribution in [0.2, 0.25) is 0 Å². The molecule has 1 aliphatic heterocycles. The molecule has 2 aliphatic rings. The van der Waals surface area contributed by atoms with Crippen LogP contribution in [0.15, 0.2) is 0 Å². The molecule has 100 valence electrons. The van der Waals surface area contributed by atoms with Crippen LogP contribution in [0.4, 0.5) is 0 Å². The summed E-state index contributed by atoms with van der Waals surface area (Å²) in [6, 6.07) is 0.929. The first-order chi connectivity index (χ1) is 8.31. The maximum atomic E-state index is 5.60. The molecule has 2 fully saturated rings. The number of hydrogen-bond acceptors (Lipinski definition) is 2. The van der Waals surface area contributed by atoms with Crippen LogP contribution in [0, 0.1) is 11.8 Å². The van der Waals surface area contributed by atoms with Gasteiger partial charge < -0.3 is 5.73 Å². The third-order valence-electron chi connectivity index (χ3n) is 4.81. The van der Waals surface area contributed by atoms with Gasteiger partial charge in [0.05, 0.1) is 0 Å². The highest BCUT2D eigenvalue weighted by atomic mass is 15.2. The minimum Gasteiger partial charge on any atom is -0.330 e. The zero-order valence-corrected chi connectivity index (χ0v) is 11.5. The van der Waals surface area contributed by atoms with E-state index < -0.39 is 0 Å². The Hall–Kier alpha value is -0.0800. The van der Waals surface area contributed by atoms with Gasteiger partial charge in [-0.2, -0.15) is 0 Å². The minimum atomic E-state index is 0.833. The SMILES string of the molecule is CC(CCCN)CN1CCCC2CCCCC21. The Bertz CT molecular complexity index is 215. The fourth-order valence-electron chi connectivity index (χ4n) is 3.91. The van der Waals surface area contributed by atoms with E-state index in [4.69, 9.17) is 5.73 Å². The second kappa shape index (κ2) is 6.75. The maximum absolute atomic E-state index is 5.60. The van der Waals surface area contributed by atoms with E-state index >= 15 is 0 Å². The van der Waals surface area contributed by atoms with Gasteiger partial charge in [0.2, 0.25) is 0 Å². The molecular weight excluding hydrogens is 208 g/mol. The summed E-state index contributed by atoms with van der Waals surface area (Å²) in [5.41, 5.74) is 5.60. The molecule has 0 aromatic heterocycles. The van der Waals surface area contributed by atoms with Gasteiger partial charge in [0, 0.05) is 12.6 Å². The smallest absolute Gasteiger partial charge is 0.0124 e. The number of nitrogens with two attached hydrogens (primary N) is 1. The first-order valence-corrected chi connectivity index (χ1v) is 7.75. The minimum absolute atomic E-state index is 0.833. The molecule has 0 aromatic rings. The van der Waals surface area contributed by atoms with Gasteiger partial charge in [0.1, 0.15) is 0 Å². The summed E-state index contributed by atoms with van der Waals surface area (Å²) < 4.78 is 0. The lowest BCUT2D eigenvalue weighted by Crippen LogP contribution is -2.48. The van der Waals surface area contributed by atoms with Crippen LogP contribution in [0.3, 0.4) is 0 Å². The van der Waals surface area contributed by atoms with Crippen molar-refractivity contribution in [1.29, 1.82) is 0 Å². The van der Waals surface area contributed by atoms with Crippen LogP contribution in [-0.2, 0) is 0 Å². The van der Waals surface area contributed by atoms with Gasteiger partial charge in [0.25, 0.3) is 0 Å². The van der Waals surface area contributed by atoms with Crippen molar-refractivity contribution >= 4 is 0 Å². The molecule has 0 bridgehead atoms. The monoisotopic (exact) mass is 238 g/mol. The molecule has 2 N–H and O–H groups in total. The van der Waals surface area contributed by atoms with Crippen LogP contribution in [0.5, 0.6) is 0 Å². The van der Waals surface area contributed by atoms with Crippen molar-refractivity contribution in [2.24, 2.45) is 17.6 Å². The average molecular weight is 238 g/mol. The lowest BCUT2D eigenvalue weighted by atomic mass is 9.78. The van der Waals surface area contributed by atoms with Crippen molar-refractivity contribution < 1.29 is 0 Å². The average Bonchev–Trinajstić information content (AvgIpc) is 2.37. The zero-order chi connectivity index (χ0) is 12.1. The number of fused-ring (bicyclic) bond motifs is 1. The summed E-state index contributed by atoms with van der Waals surface area (Å²) >= 11 is 0. The number of likely N-dealkylation sites (tertiary alicyclic amines) is 1. The largest absolute Gasteiger partial charge is 0.330 e. The van der Waals surface area contributed by atoms with E-state index in [1.807, 2.05) is 0 Å². The van der Waals surface area contributed by atoms with Crippen molar-refractivity contribution in [1.82, 2.24) is 4.90 Å². The molecular formula is C15H30N2. The first kappa shape index (κ1) is 13.4. The summed E-state index contributed by atoms with van der Waals surface area (Å²) in [5, 5.41) is 0. The molecule has 1 saturated carbocycles. The van der Waals surface area contributed by atoms with E-state index in [-0.39, 0.29) is 0 Å². The van der Waals surface area contributed by atoms with Gasteiger partial charge in [0.15, 0.2) is 0 Å². The molecule has 0 amide bonds. The van der Waals surface area contributed by atoms with E-state index in [9.17, 15) is 0 Å². The third kappa shape index (κ3) is 3.69. The Morgan fingerprint density at radius 2 is 1.94 bits per heavy atom. The Kier molecular flexibility index (Phi) is 5.30. The second-order valence-electron chi connectivity index (χ2n) is 6.29. The van der Waals surface area contributed by atoms with Crippen molar-refractivity contribution in [3.63, 3.8) is 0 Å². The number of piperidine rings is 1. The van der Waals surface area contributed by atoms with Crippen LogP contribution in [0.25, 0.3) is 0 Å². The molecule has 3 unspecified atom stereocenters. The molecule has 1 saturated heterocycles. The van der Waals surface area contributed by atoms with Crippen LogP contribution in [0.1, 0.15) is 58.3 Å². The predicted molar refractivity (Wildman–Crippen MR) is 74.0 cm³/mol. The Morgan fingerprint density at radius 3 is 2.76 bits per heavy atom. The van der Waals surface area contributed by atoms with Gasteiger partial charge in [-0.3, -0.25) is 4.90 Å². The topological polar surface area (TPSA) is 29.3 Å². The summed E-state index contributed by atoms with van der Waals surface area (Å²) in [6.07, 6.45) is 11.4.